The predicted octanol–water partition coefficient (Wildman–Crippen LogP) is 2.64. The third-order valence-electron chi connectivity index (χ3n) is 5.36. The molecule has 1 N–H and O–H groups in total. The topological polar surface area (TPSA) is 105 Å². The molecule has 0 aliphatic carbocycles. The second-order valence-corrected chi connectivity index (χ2v) is 7.67. The van der Waals surface area contributed by atoms with Crippen molar-refractivity contribution in [2.24, 2.45) is 0 Å². The predicted molar refractivity (Wildman–Crippen MR) is 125 cm³/mol. The van der Waals surface area contributed by atoms with Crippen LogP contribution < -0.4 is 26.5 Å². The highest BCUT2D eigenvalue weighted by Crippen LogP contribution is 2.34. The third-order valence-corrected chi connectivity index (χ3v) is 5.36. The lowest BCUT2D eigenvalue weighted by Crippen LogP contribution is -2.48. The fourth-order valence-corrected chi connectivity index (χ4v) is 3.72. The van der Waals surface area contributed by atoms with E-state index in [1.165, 1.54) is 0 Å². The molecule has 9 nitrogen and oxygen atoms in total. The van der Waals surface area contributed by atoms with Gasteiger partial charge in [0.05, 0.1) is 24.6 Å². The number of rotatable bonds is 6. The monoisotopic (exact) mass is 459 g/mol. The number of benzene rings is 3. The zero-order valence-electron chi connectivity index (χ0n) is 18.0. The second-order valence-electron chi connectivity index (χ2n) is 7.67. The van der Waals surface area contributed by atoms with Crippen molar-refractivity contribution in [2.75, 3.05) is 13.2 Å². The van der Waals surface area contributed by atoms with Gasteiger partial charge in [0, 0.05) is 12.5 Å². The first-order valence-corrected chi connectivity index (χ1v) is 10.8. The maximum Gasteiger partial charge on any atom is 0.345 e. The Bertz CT molecular complexity index is 1470. The van der Waals surface area contributed by atoms with Crippen molar-refractivity contribution < 1.29 is 14.2 Å². The summed E-state index contributed by atoms with van der Waals surface area (Å²) in [5, 5.41) is 0. The molecule has 1 atom stereocenters. The Morgan fingerprint density at radius 3 is 2.15 bits per heavy atom. The molecule has 1 saturated heterocycles. The van der Waals surface area contributed by atoms with Gasteiger partial charge in [0.2, 0.25) is 0 Å². The Morgan fingerprint density at radius 1 is 0.794 bits per heavy atom. The van der Waals surface area contributed by atoms with Crippen molar-refractivity contribution in [1.29, 1.82) is 0 Å². The van der Waals surface area contributed by atoms with E-state index in [9.17, 15) is 14.4 Å². The maximum atomic E-state index is 13.3. The van der Waals surface area contributed by atoms with E-state index in [1.807, 2.05) is 18.2 Å². The number of nitrogens with zero attached hydrogens (tertiary/aromatic N) is 2. The third kappa shape index (κ3) is 4.28. The summed E-state index contributed by atoms with van der Waals surface area (Å²) in [5.41, 5.74) is -1.90. The van der Waals surface area contributed by atoms with Gasteiger partial charge in [0.15, 0.2) is 11.5 Å². The fourth-order valence-electron chi connectivity index (χ4n) is 3.72. The van der Waals surface area contributed by atoms with Crippen LogP contribution in [0.5, 0.6) is 17.2 Å². The summed E-state index contributed by atoms with van der Waals surface area (Å²) in [6.45, 7) is 1.01. The number of aromatic nitrogens is 3. The SMILES string of the molecule is O=c1[nH]c(=O)n(-c2ccc(Oc3ccccc3)c(OC3CCOC3)c2)c(=O)n1-c1ccccc1. The van der Waals surface area contributed by atoms with E-state index in [4.69, 9.17) is 14.2 Å². The minimum Gasteiger partial charge on any atom is -0.484 e. The number of H-pyrrole nitrogens is 1. The van der Waals surface area contributed by atoms with E-state index in [0.29, 0.717) is 42.6 Å². The molecular weight excluding hydrogens is 438 g/mol. The minimum atomic E-state index is -0.853. The Kier molecular flexibility index (Phi) is 5.84. The standard InChI is InChI=1S/C25H21N3O6/c29-23-26-24(30)28(25(31)27(23)17-7-3-1-4-8-17)18-11-12-21(33-19-9-5-2-6-10-19)22(15-18)34-20-13-14-32-16-20/h1-12,15,20H,13-14,16H2,(H,26,29,30). The van der Waals surface area contributed by atoms with E-state index < -0.39 is 17.1 Å². The van der Waals surface area contributed by atoms with Gasteiger partial charge in [-0.25, -0.2) is 23.5 Å². The highest BCUT2D eigenvalue weighted by atomic mass is 16.6. The molecule has 3 aromatic carbocycles. The minimum absolute atomic E-state index is 0.193. The van der Waals surface area contributed by atoms with Crippen LogP contribution in [0.15, 0.2) is 93.2 Å². The molecular formula is C25H21N3O6. The van der Waals surface area contributed by atoms with Crippen molar-refractivity contribution in [1.82, 2.24) is 14.1 Å². The molecule has 34 heavy (non-hydrogen) atoms. The zero-order valence-corrected chi connectivity index (χ0v) is 18.0. The fraction of sp³-hybridized carbons (Fsp3) is 0.160. The van der Waals surface area contributed by atoms with E-state index in [2.05, 4.69) is 4.98 Å². The van der Waals surface area contributed by atoms with Crippen LogP contribution in [0.4, 0.5) is 0 Å². The molecule has 172 valence electrons. The van der Waals surface area contributed by atoms with Gasteiger partial charge in [-0.1, -0.05) is 36.4 Å². The van der Waals surface area contributed by atoms with Gasteiger partial charge < -0.3 is 14.2 Å². The second kappa shape index (κ2) is 9.24. The molecule has 1 aliphatic rings. The molecule has 1 aromatic heterocycles. The van der Waals surface area contributed by atoms with Crippen LogP contribution >= 0.6 is 0 Å². The van der Waals surface area contributed by atoms with Crippen molar-refractivity contribution in [3.63, 3.8) is 0 Å². The van der Waals surface area contributed by atoms with Gasteiger partial charge in [0.25, 0.3) is 0 Å². The first kappa shape index (κ1) is 21.5. The van der Waals surface area contributed by atoms with Crippen molar-refractivity contribution in [2.45, 2.75) is 12.5 Å². The van der Waals surface area contributed by atoms with Crippen molar-refractivity contribution >= 4 is 0 Å². The van der Waals surface area contributed by atoms with E-state index in [1.54, 1.807) is 60.7 Å². The van der Waals surface area contributed by atoms with Crippen molar-refractivity contribution in [3.05, 3.63) is 110 Å². The molecule has 0 spiro atoms. The van der Waals surface area contributed by atoms with E-state index in [0.717, 1.165) is 9.13 Å². The Labute approximate surface area is 193 Å². The van der Waals surface area contributed by atoms with Crippen LogP contribution in [0.25, 0.3) is 11.4 Å². The van der Waals surface area contributed by atoms with Crippen LogP contribution in [-0.2, 0) is 4.74 Å². The molecule has 9 heteroatoms. The van der Waals surface area contributed by atoms with Crippen LogP contribution in [0.3, 0.4) is 0 Å². The number of hydrogen-bond donors (Lipinski definition) is 1. The molecule has 0 amide bonds. The lowest BCUT2D eigenvalue weighted by atomic mass is 10.2. The van der Waals surface area contributed by atoms with Crippen LogP contribution in [-0.4, -0.2) is 33.4 Å². The highest BCUT2D eigenvalue weighted by molar-refractivity contribution is 5.50. The lowest BCUT2D eigenvalue weighted by molar-refractivity contribution is 0.139. The first-order valence-electron chi connectivity index (χ1n) is 10.8. The summed E-state index contributed by atoms with van der Waals surface area (Å²) in [7, 11) is 0. The summed E-state index contributed by atoms with van der Waals surface area (Å²) in [5.74, 6) is 1.37. The molecule has 2 heterocycles. The Hall–Kier alpha value is -4.37. The highest BCUT2D eigenvalue weighted by Gasteiger charge is 2.21. The van der Waals surface area contributed by atoms with Gasteiger partial charge >= 0.3 is 17.1 Å². The van der Waals surface area contributed by atoms with Crippen LogP contribution in [0.2, 0.25) is 0 Å². The average Bonchev–Trinajstić information content (AvgIpc) is 3.35. The van der Waals surface area contributed by atoms with E-state index >= 15 is 0 Å². The lowest BCUT2D eigenvalue weighted by Gasteiger charge is -2.17. The number of nitrogens with one attached hydrogen (secondary N) is 1. The molecule has 1 unspecified atom stereocenters. The first-order chi connectivity index (χ1) is 16.6. The van der Waals surface area contributed by atoms with Gasteiger partial charge in [0.1, 0.15) is 11.9 Å². The summed E-state index contributed by atoms with van der Waals surface area (Å²) in [6.07, 6.45) is 0.510. The number of para-hydroxylation sites is 2. The molecule has 4 aromatic rings. The van der Waals surface area contributed by atoms with Gasteiger partial charge in [-0.3, -0.25) is 4.98 Å². The van der Waals surface area contributed by atoms with Gasteiger partial charge in [-0.2, -0.15) is 0 Å². The average molecular weight is 459 g/mol. The molecule has 0 saturated carbocycles. The summed E-state index contributed by atoms with van der Waals surface area (Å²) >= 11 is 0. The Morgan fingerprint density at radius 2 is 1.47 bits per heavy atom. The van der Waals surface area contributed by atoms with Crippen molar-refractivity contribution in [3.8, 4) is 28.6 Å². The molecule has 1 aliphatic heterocycles. The Balaban J connectivity index is 1.62. The number of ether oxygens (including phenoxy) is 3. The number of aromatic amines is 1. The summed E-state index contributed by atoms with van der Waals surface area (Å²) in [6, 6.07) is 22.3. The quantitative estimate of drug-likeness (QED) is 0.475. The molecule has 5 rings (SSSR count). The summed E-state index contributed by atoms with van der Waals surface area (Å²) in [4.78, 5) is 40.6. The van der Waals surface area contributed by atoms with Gasteiger partial charge in [-0.15, -0.1) is 0 Å². The zero-order chi connectivity index (χ0) is 23.5. The molecule has 0 bridgehead atoms. The van der Waals surface area contributed by atoms with Crippen LogP contribution in [0.1, 0.15) is 6.42 Å². The van der Waals surface area contributed by atoms with Gasteiger partial charge in [-0.05, 0) is 36.4 Å². The maximum absolute atomic E-state index is 13.3. The molecule has 0 radical (unpaired) electrons. The number of hydrogen-bond acceptors (Lipinski definition) is 6. The molecule has 1 fully saturated rings. The normalized spacial score (nSPS) is 15.2. The smallest absolute Gasteiger partial charge is 0.345 e. The largest absolute Gasteiger partial charge is 0.484 e. The van der Waals surface area contributed by atoms with E-state index in [-0.39, 0.29) is 11.8 Å². The van der Waals surface area contributed by atoms with Crippen LogP contribution in [0, 0.1) is 0 Å². The summed E-state index contributed by atoms with van der Waals surface area (Å²) < 4.78 is 19.3.